The second-order valence-corrected chi connectivity index (χ2v) is 10.9. The molecule has 1 saturated heterocycles. The van der Waals surface area contributed by atoms with Crippen molar-refractivity contribution in [3.8, 4) is 0 Å². The van der Waals surface area contributed by atoms with Crippen LogP contribution in [-0.2, 0) is 23.9 Å². The van der Waals surface area contributed by atoms with Crippen LogP contribution in [-0.4, -0.2) is 44.4 Å². The van der Waals surface area contributed by atoms with Gasteiger partial charge in [0.2, 0.25) is 5.91 Å². The normalized spacial score (nSPS) is 19.1. The minimum atomic E-state index is -3.38. The van der Waals surface area contributed by atoms with E-state index in [0.29, 0.717) is 11.0 Å². The first-order valence-electron chi connectivity index (χ1n) is 9.41. The molecule has 8 heteroatoms. The molecule has 2 rings (SSSR count). The second kappa shape index (κ2) is 8.01. The molecule has 1 aromatic carbocycles. The first-order chi connectivity index (χ1) is 12.8. The average molecular weight is 407 g/mol. The standard InChI is InChI=1S/C20H30BNO5S/c1-14(2)28(24,25)18-10-8-9-16(12-18)11-17(13-22-15(3)23)21-26-19(4,5)20(6,7)27-21/h8-12,14H,13H2,1-7H3,(H,22,23). The highest BCUT2D eigenvalue weighted by Crippen LogP contribution is 2.38. The van der Waals surface area contributed by atoms with Gasteiger partial charge in [0.25, 0.3) is 0 Å². The Balaban J connectivity index is 2.42. The first-order valence-corrected chi connectivity index (χ1v) is 11.0. The van der Waals surface area contributed by atoms with E-state index in [1.165, 1.54) is 6.92 Å². The molecule has 0 spiro atoms. The Morgan fingerprint density at radius 2 is 1.75 bits per heavy atom. The summed E-state index contributed by atoms with van der Waals surface area (Å²) in [6.07, 6.45) is 1.82. The van der Waals surface area contributed by atoms with Crippen molar-refractivity contribution in [3.63, 3.8) is 0 Å². The van der Waals surface area contributed by atoms with E-state index in [4.69, 9.17) is 9.31 Å². The lowest BCUT2D eigenvalue weighted by Crippen LogP contribution is -2.41. The number of sulfone groups is 1. The van der Waals surface area contributed by atoms with Crippen LogP contribution in [0.15, 0.2) is 34.6 Å². The molecule has 0 atom stereocenters. The molecule has 1 aromatic rings. The monoisotopic (exact) mass is 407 g/mol. The summed E-state index contributed by atoms with van der Waals surface area (Å²) in [6.45, 7) is 12.8. The lowest BCUT2D eigenvalue weighted by atomic mass is 9.77. The molecular weight excluding hydrogens is 377 g/mol. The molecule has 0 saturated carbocycles. The smallest absolute Gasteiger partial charge is 0.400 e. The highest BCUT2D eigenvalue weighted by molar-refractivity contribution is 7.92. The van der Waals surface area contributed by atoms with Crippen LogP contribution >= 0.6 is 0 Å². The van der Waals surface area contributed by atoms with Crippen LogP contribution in [0.25, 0.3) is 6.08 Å². The van der Waals surface area contributed by atoms with E-state index in [0.717, 1.165) is 0 Å². The van der Waals surface area contributed by atoms with E-state index in [2.05, 4.69) is 5.32 Å². The quantitative estimate of drug-likeness (QED) is 0.734. The fraction of sp³-hybridized carbons (Fsp3) is 0.550. The molecule has 1 fully saturated rings. The zero-order chi connectivity index (χ0) is 21.3. The van der Waals surface area contributed by atoms with Crippen molar-refractivity contribution in [1.29, 1.82) is 0 Å². The zero-order valence-electron chi connectivity index (χ0n) is 17.7. The van der Waals surface area contributed by atoms with E-state index < -0.39 is 33.4 Å². The molecule has 6 nitrogen and oxygen atoms in total. The van der Waals surface area contributed by atoms with Crippen molar-refractivity contribution in [2.75, 3.05) is 6.54 Å². The van der Waals surface area contributed by atoms with Crippen molar-refractivity contribution in [1.82, 2.24) is 5.32 Å². The Morgan fingerprint density at radius 3 is 2.25 bits per heavy atom. The minimum Gasteiger partial charge on any atom is -0.400 e. The maximum absolute atomic E-state index is 12.5. The molecule has 0 radical (unpaired) electrons. The number of carbonyl (C=O) groups excluding carboxylic acids is 1. The maximum atomic E-state index is 12.5. The van der Waals surface area contributed by atoms with Crippen LogP contribution in [0, 0.1) is 0 Å². The van der Waals surface area contributed by atoms with Crippen molar-refractivity contribution in [2.24, 2.45) is 0 Å². The van der Waals surface area contributed by atoms with Gasteiger partial charge in [0, 0.05) is 13.5 Å². The summed E-state index contributed by atoms with van der Waals surface area (Å²) in [7, 11) is -4.02. The number of hydrogen-bond acceptors (Lipinski definition) is 5. The molecule has 28 heavy (non-hydrogen) atoms. The van der Waals surface area contributed by atoms with Gasteiger partial charge in [-0.1, -0.05) is 18.2 Å². The van der Waals surface area contributed by atoms with E-state index in [1.807, 2.05) is 39.8 Å². The van der Waals surface area contributed by atoms with Gasteiger partial charge in [0.15, 0.2) is 9.84 Å². The Bertz CT molecular complexity index is 858. The third-order valence-electron chi connectivity index (χ3n) is 5.26. The SMILES string of the molecule is CC(=O)NCC(=Cc1cccc(S(=O)(=O)C(C)C)c1)B1OC(C)(C)C(C)(C)O1. The van der Waals surface area contributed by atoms with Gasteiger partial charge in [-0.05, 0) is 64.7 Å². The number of carbonyl (C=O) groups is 1. The maximum Gasteiger partial charge on any atom is 0.492 e. The highest BCUT2D eigenvalue weighted by atomic mass is 32.2. The van der Waals surface area contributed by atoms with Crippen molar-refractivity contribution >= 4 is 28.9 Å². The summed E-state index contributed by atoms with van der Waals surface area (Å²) in [4.78, 5) is 11.7. The Kier molecular flexibility index (Phi) is 6.48. The van der Waals surface area contributed by atoms with Crippen molar-refractivity contribution < 1.29 is 22.5 Å². The van der Waals surface area contributed by atoms with Gasteiger partial charge in [-0.25, -0.2) is 8.42 Å². The summed E-state index contributed by atoms with van der Waals surface area (Å²) in [5.41, 5.74) is 0.385. The van der Waals surface area contributed by atoms with E-state index in [1.54, 1.807) is 32.0 Å². The lowest BCUT2D eigenvalue weighted by molar-refractivity contribution is -0.118. The largest absolute Gasteiger partial charge is 0.492 e. The molecule has 1 N–H and O–H groups in total. The van der Waals surface area contributed by atoms with E-state index in [9.17, 15) is 13.2 Å². The van der Waals surface area contributed by atoms with Gasteiger partial charge in [0.05, 0.1) is 21.3 Å². The first kappa shape index (κ1) is 22.7. The zero-order valence-corrected chi connectivity index (χ0v) is 18.5. The average Bonchev–Trinajstić information content (AvgIpc) is 2.79. The van der Waals surface area contributed by atoms with Crippen LogP contribution < -0.4 is 5.32 Å². The Labute approximate surface area is 168 Å². The molecule has 1 aliphatic heterocycles. The molecular formula is C20H30BNO5S. The molecule has 0 unspecified atom stereocenters. The van der Waals surface area contributed by atoms with Gasteiger partial charge in [-0.3, -0.25) is 4.79 Å². The van der Waals surface area contributed by atoms with Crippen LogP contribution in [0.1, 0.15) is 54.0 Å². The molecule has 0 aromatic heterocycles. The van der Waals surface area contributed by atoms with Crippen LogP contribution in [0.3, 0.4) is 0 Å². The fourth-order valence-electron chi connectivity index (χ4n) is 2.69. The molecule has 1 amide bonds. The van der Waals surface area contributed by atoms with Gasteiger partial charge < -0.3 is 14.6 Å². The number of hydrogen-bond donors (Lipinski definition) is 1. The van der Waals surface area contributed by atoms with Crippen LogP contribution in [0.2, 0.25) is 0 Å². The van der Waals surface area contributed by atoms with Crippen LogP contribution in [0.4, 0.5) is 0 Å². The number of amides is 1. The molecule has 154 valence electrons. The predicted octanol–water partition coefficient (Wildman–Crippen LogP) is 3.02. The van der Waals surface area contributed by atoms with Crippen LogP contribution in [0.5, 0.6) is 0 Å². The molecule has 0 bridgehead atoms. The number of benzene rings is 1. The van der Waals surface area contributed by atoms with Crippen molar-refractivity contribution in [3.05, 3.63) is 35.3 Å². The topological polar surface area (TPSA) is 81.7 Å². The van der Waals surface area contributed by atoms with E-state index in [-0.39, 0.29) is 17.3 Å². The molecule has 0 aliphatic carbocycles. The summed E-state index contributed by atoms with van der Waals surface area (Å²) >= 11 is 0. The molecule has 1 aliphatic rings. The fourth-order valence-corrected chi connectivity index (χ4v) is 3.80. The van der Waals surface area contributed by atoms with Gasteiger partial charge in [-0.15, -0.1) is 0 Å². The van der Waals surface area contributed by atoms with Gasteiger partial charge in [0.1, 0.15) is 0 Å². The Morgan fingerprint density at radius 1 is 1.18 bits per heavy atom. The molecule has 1 heterocycles. The number of nitrogens with one attached hydrogen (secondary N) is 1. The summed E-state index contributed by atoms with van der Waals surface area (Å²) in [5, 5.41) is 2.27. The van der Waals surface area contributed by atoms with Crippen molar-refractivity contribution in [2.45, 2.75) is 69.8 Å². The van der Waals surface area contributed by atoms with Gasteiger partial charge in [-0.2, -0.15) is 0 Å². The summed E-state index contributed by atoms with van der Waals surface area (Å²) < 4.78 is 37.2. The second-order valence-electron chi connectivity index (χ2n) is 8.38. The summed E-state index contributed by atoms with van der Waals surface area (Å²) in [5.74, 6) is -0.168. The highest BCUT2D eigenvalue weighted by Gasteiger charge is 2.52. The lowest BCUT2D eigenvalue weighted by Gasteiger charge is -2.32. The van der Waals surface area contributed by atoms with E-state index >= 15 is 0 Å². The number of rotatable bonds is 6. The Hall–Kier alpha value is -1.64. The van der Waals surface area contributed by atoms with Gasteiger partial charge >= 0.3 is 7.12 Å². The summed E-state index contributed by atoms with van der Waals surface area (Å²) in [6, 6.07) is 6.75. The predicted molar refractivity (Wildman–Crippen MR) is 112 cm³/mol. The third-order valence-corrected chi connectivity index (χ3v) is 7.41. The third kappa shape index (κ3) is 4.85. The minimum absolute atomic E-state index is 0.168.